The third kappa shape index (κ3) is 5.03. The summed E-state index contributed by atoms with van der Waals surface area (Å²) in [7, 11) is 1.82. The van der Waals surface area contributed by atoms with Crippen molar-refractivity contribution in [2.45, 2.75) is 78.6 Å². The Hall–Kier alpha value is -0.817. The average Bonchev–Trinajstić information content (AvgIpc) is 3.22. The number of hydrogen-bond donors (Lipinski definition) is 0. The van der Waals surface area contributed by atoms with Gasteiger partial charge in [0.05, 0.1) is 0 Å². The molecule has 0 radical (unpaired) electrons. The maximum absolute atomic E-state index is 6.03. The topological polar surface area (TPSA) is 9.23 Å². The van der Waals surface area contributed by atoms with Crippen LogP contribution in [0.1, 0.15) is 90.0 Å². The number of benzene rings is 2. The summed E-state index contributed by atoms with van der Waals surface area (Å²) in [5, 5.41) is 0. The van der Waals surface area contributed by atoms with Crippen molar-refractivity contribution < 1.29 is 54.3 Å². The molecule has 1 unspecified atom stereocenters. The van der Waals surface area contributed by atoms with Gasteiger partial charge in [0, 0.05) is 0 Å². The van der Waals surface area contributed by atoms with Crippen LogP contribution in [0.15, 0.2) is 50.8 Å². The summed E-state index contributed by atoms with van der Waals surface area (Å²) in [4.78, 5) is 0. The Balaban J connectivity index is 0.00000204. The predicted octanol–water partition coefficient (Wildman–Crippen LogP) is 2.20. The van der Waals surface area contributed by atoms with E-state index in [9.17, 15) is 0 Å². The molecule has 0 bridgehead atoms. The number of methoxy groups -OCH3 is 1. The van der Waals surface area contributed by atoms with Crippen molar-refractivity contribution in [1.29, 1.82) is 0 Å². The minimum atomic E-state index is 0. The number of halogens is 2. The number of rotatable bonds is 3. The van der Waals surface area contributed by atoms with Gasteiger partial charge in [-0.05, 0) is 0 Å². The van der Waals surface area contributed by atoms with Gasteiger partial charge in [0.2, 0.25) is 0 Å². The molecule has 0 N–H and O–H groups in total. The molecule has 2 aromatic carbocycles. The zero-order valence-electron chi connectivity index (χ0n) is 22.0. The van der Waals surface area contributed by atoms with E-state index in [0.717, 1.165) is 12.2 Å². The molecule has 0 spiro atoms. The number of ether oxygens (including phenoxy) is 1. The minimum absolute atomic E-state index is 0. The van der Waals surface area contributed by atoms with E-state index in [-0.39, 0.29) is 35.6 Å². The average molecular weight is 576 g/mol. The first kappa shape index (κ1) is 29.4. The Bertz CT molecular complexity index is 1140. The number of hydrogen-bond acceptors (Lipinski definition) is 1. The van der Waals surface area contributed by atoms with Crippen molar-refractivity contribution in [3.05, 3.63) is 73.1 Å². The van der Waals surface area contributed by atoms with Crippen LogP contribution in [0, 0.1) is 5.92 Å². The first-order valence-corrected chi connectivity index (χ1v) is 13.1. The Morgan fingerprint density at radius 2 is 1.47 bits per heavy atom. The Labute approximate surface area is 234 Å². The molecule has 1 atom stereocenters. The molecule has 2 aliphatic rings. The van der Waals surface area contributed by atoms with Gasteiger partial charge in [-0.25, -0.2) is 0 Å². The number of fused-ring (bicyclic) bond motifs is 3. The second-order valence-electron chi connectivity index (χ2n) is 11.8. The standard InChI is InChI=1S/C30H37O.2ClH.Zr/c1-18(2)21-11-10-12-22(21)27-24-15-19(29(3,4)5)13-14-23(24)28-25(27)16-20(30(6,7)8)17-26(28)31-9;;;/h11,13-18,27H,10H2,1-9H3;2*1H;/q;;;+2/p-2. The molecule has 0 aromatic heterocycles. The van der Waals surface area contributed by atoms with Crippen LogP contribution in [0.25, 0.3) is 11.1 Å². The number of allylic oxidation sites excluding steroid dienone is 4. The van der Waals surface area contributed by atoms with Gasteiger partial charge in [-0.2, -0.15) is 0 Å². The van der Waals surface area contributed by atoms with Crippen molar-refractivity contribution in [2.24, 2.45) is 5.92 Å². The molecule has 4 heteroatoms. The molecule has 1 nitrogen and oxygen atoms in total. The molecule has 0 saturated heterocycles. The maximum atomic E-state index is 6.03. The summed E-state index contributed by atoms with van der Waals surface area (Å²) in [6.07, 6.45) is 3.59. The molecule has 4 rings (SSSR count). The second kappa shape index (κ2) is 10.3. The molecular formula is C30H37Cl2OZr. The SMILES string of the molecule is COc1cc(C(C)(C)C)cc2c1-c1ccc(C(C)(C)C)cc1C2C1=[C]([Zr+2])CC=C1C(C)C.[Cl-].[Cl-]. The van der Waals surface area contributed by atoms with Gasteiger partial charge in [0.15, 0.2) is 0 Å². The fraction of sp³-hybridized carbons (Fsp3) is 0.467. The van der Waals surface area contributed by atoms with Crippen molar-refractivity contribution in [1.82, 2.24) is 0 Å². The van der Waals surface area contributed by atoms with E-state index in [1.54, 1.807) is 39.1 Å². The smallest absolute Gasteiger partial charge is 1.00 e. The van der Waals surface area contributed by atoms with Crippen LogP contribution in [0.4, 0.5) is 0 Å². The quantitative estimate of drug-likeness (QED) is 0.546. The van der Waals surface area contributed by atoms with Crippen LogP contribution in [-0.4, -0.2) is 7.11 Å². The molecule has 0 fully saturated rings. The predicted molar refractivity (Wildman–Crippen MR) is 132 cm³/mol. The molecule has 0 saturated carbocycles. The third-order valence-corrected chi connectivity index (χ3v) is 8.26. The molecule has 2 aromatic rings. The zero-order valence-corrected chi connectivity index (χ0v) is 26.0. The van der Waals surface area contributed by atoms with Gasteiger partial charge < -0.3 is 24.8 Å². The van der Waals surface area contributed by atoms with Crippen molar-refractivity contribution in [3.8, 4) is 16.9 Å². The zero-order chi connectivity index (χ0) is 23.6. The normalized spacial score (nSPS) is 17.2. The van der Waals surface area contributed by atoms with Crippen LogP contribution in [0.2, 0.25) is 0 Å². The fourth-order valence-electron chi connectivity index (χ4n) is 5.21. The molecule has 181 valence electrons. The largest absolute Gasteiger partial charge is 1.00 e. The maximum Gasteiger partial charge on any atom is -1.00 e. The van der Waals surface area contributed by atoms with E-state index in [1.165, 1.54) is 33.4 Å². The second-order valence-corrected chi connectivity index (χ2v) is 13.3. The monoisotopic (exact) mass is 573 g/mol. The molecule has 2 aliphatic carbocycles. The van der Waals surface area contributed by atoms with E-state index in [0.29, 0.717) is 11.8 Å². The van der Waals surface area contributed by atoms with Crippen LogP contribution >= 0.6 is 0 Å². The van der Waals surface area contributed by atoms with E-state index in [4.69, 9.17) is 4.74 Å². The molecule has 0 amide bonds. The fourth-order valence-corrected chi connectivity index (χ4v) is 6.18. The first-order valence-electron chi connectivity index (χ1n) is 11.9. The molecule has 0 aliphatic heterocycles. The summed E-state index contributed by atoms with van der Waals surface area (Å²) in [6.45, 7) is 18.5. The first-order chi connectivity index (χ1) is 14.8. The van der Waals surface area contributed by atoms with E-state index < -0.39 is 0 Å². The summed E-state index contributed by atoms with van der Waals surface area (Å²) < 4.78 is 7.64. The molecular weight excluding hydrogens is 538 g/mol. The van der Waals surface area contributed by atoms with E-state index in [2.05, 4.69) is 91.8 Å². The third-order valence-electron chi connectivity index (χ3n) is 7.10. The minimum Gasteiger partial charge on any atom is -1.00 e. The summed E-state index contributed by atoms with van der Waals surface area (Å²) >= 11 is 1.54. The van der Waals surface area contributed by atoms with E-state index in [1.807, 2.05) is 7.11 Å². The van der Waals surface area contributed by atoms with Crippen LogP contribution < -0.4 is 29.6 Å². The summed E-state index contributed by atoms with van der Waals surface area (Å²) in [6, 6.07) is 11.9. The van der Waals surface area contributed by atoms with Crippen LogP contribution in [0.3, 0.4) is 0 Å². The van der Waals surface area contributed by atoms with Crippen molar-refractivity contribution >= 4 is 0 Å². The van der Waals surface area contributed by atoms with Gasteiger partial charge in [0.25, 0.3) is 0 Å². The van der Waals surface area contributed by atoms with Crippen LogP contribution in [0.5, 0.6) is 5.75 Å². The Kier molecular flexibility index (Phi) is 8.89. The van der Waals surface area contributed by atoms with E-state index >= 15 is 0 Å². The molecule has 34 heavy (non-hydrogen) atoms. The van der Waals surface area contributed by atoms with Gasteiger partial charge in [0.1, 0.15) is 0 Å². The summed E-state index contributed by atoms with van der Waals surface area (Å²) in [5.74, 6) is 1.84. The Morgan fingerprint density at radius 1 is 0.882 bits per heavy atom. The van der Waals surface area contributed by atoms with Crippen molar-refractivity contribution in [3.63, 3.8) is 0 Å². The van der Waals surface area contributed by atoms with Gasteiger partial charge >= 0.3 is 211 Å². The van der Waals surface area contributed by atoms with Gasteiger partial charge in [-0.15, -0.1) is 0 Å². The van der Waals surface area contributed by atoms with Crippen LogP contribution in [-0.2, 0) is 35.5 Å². The Morgan fingerprint density at radius 3 is 2.00 bits per heavy atom. The molecule has 0 heterocycles. The van der Waals surface area contributed by atoms with Gasteiger partial charge in [-0.3, -0.25) is 0 Å². The summed E-state index contributed by atoms with van der Waals surface area (Å²) in [5.41, 5.74) is 11.6. The van der Waals surface area contributed by atoms with Crippen molar-refractivity contribution in [2.75, 3.05) is 7.11 Å². The van der Waals surface area contributed by atoms with Gasteiger partial charge in [-0.1, -0.05) is 0 Å².